The van der Waals surface area contributed by atoms with Crippen LogP contribution in [-0.2, 0) is 0 Å². The summed E-state index contributed by atoms with van der Waals surface area (Å²) in [5.74, 6) is 0. The van der Waals surface area contributed by atoms with Crippen LogP contribution in [-0.4, -0.2) is 9.92 Å². The van der Waals surface area contributed by atoms with Crippen LogP contribution >= 0.6 is 11.6 Å². The van der Waals surface area contributed by atoms with E-state index in [4.69, 9.17) is 11.6 Å². The molecule has 0 aromatic carbocycles. The van der Waals surface area contributed by atoms with Gasteiger partial charge in [-0.25, -0.2) is 0 Å². The lowest BCUT2D eigenvalue weighted by molar-refractivity contribution is -0.514. The van der Waals surface area contributed by atoms with Gasteiger partial charge in [-0.2, -0.15) is 0 Å². The smallest absolute Gasteiger partial charge is 0.262 e. The zero-order valence-corrected chi connectivity index (χ0v) is 5.91. The molecule has 0 saturated heterocycles. The molecule has 0 saturated carbocycles. The maximum absolute atomic E-state index is 10.2. The van der Waals surface area contributed by atoms with Crippen molar-refractivity contribution in [2.45, 2.75) is 11.4 Å². The second-order valence-electron chi connectivity index (χ2n) is 2.03. The summed E-state index contributed by atoms with van der Waals surface area (Å²) in [4.78, 5) is 8.23. The highest BCUT2D eigenvalue weighted by Gasteiger charge is 2.34. The Morgan fingerprint density at radius 3 is 2.30 bits per heavy atom. The van der Waals surface area contributed by atoms with Gasteiger partial charge in [0.25, 0.3) is 0 Å². The van der Waals surface area contributed by atoms with E-state index in [0.29, 0.717) is 0 Å². The molecule has 0 fully saturated rings. The van der Waals surface area contributed by atoms with Crippen LogP contribution in [0.4, 0.5) is 0 Å². The van der Waals surface area contributed by atoms with Gasteiger partial charge in [-0.15, -0.1) is 0 Å². The highest BCUT2D eigenvalue weighted by atomic mass is 35.5. The van der Waals surface area contributed by atoms with E-state index in [2.05, 4.69) is 0 Å². The Balaban J connectivity index is 2.85. The molecule has 0 unspecified atom stereocenters. The lowest BCUT2D eigenvalue weighted by Crippen LogP contribution is -2.27. The van der Waals surface area contributed by atoms with Gasteiger partial charge in [0, 0.05) is 12.2 Å². The molecule has 0 aromatic heterocycles. The Kier molecular flexibility index (Phi) is 1.76. The second kappa shape index (κ2) is 2.42. The van der Waals surface area contributed by atoms with Gasteiger partial charge in [0.05, 0.1) is 4.92 Å². The van der Waals surface area contributed by atoms with E-state index in [1.807, 2.05) is 0 Å². The largest absolute Gasteiger partial charge is 0.332 e. The van der Waals surface area contributed by atoms with E-state index in [-0.39, 0.29) is 0 Å². The Bertz CT molecular complexity index is 198. The van der Waals surface area contributed by atoms with Crippen LogP contribution in [0.5, 0.6) is 0 Å². The number of hydrogen-bond donors (Lipinski definition) is 0. The van der Waals surface area contributed by atoms with Crippen molar-refractivity contribution in [2.75, 3.05) is 0 Å². The van der Waals surface area contributed by atoms with Crippen LogP contribution in [0, 0.1) is 10.1 Å². The SMILES string of the molecule is O=[N+]([O-])C1(Cl)C=CCC=C1. The summed E-state index contributed by atoms with van der Waals surface area (Å²) in [7, 11) is 0. The first kappa shape index (κ1) is 7.28. The molecule has 1 aliphatic rings. The number of halogens is 1. The van der Waals surface area contributed by atoms with E-state index in [0.717, 1.165) is 6.42 Å². The van der Waals surface area contributed by atoms with Crippen molar-refractivity contribution < 1.29 is 4.92 Å². The van der Waals surface area contributed by atoms with Crippen LogP contribution in [0.25, 0.3) is 0 Å². The summed E-state index contributed by atoms with van der Waals surface area (Å²) < 4.78 is 0. The molecule has 0 radical (unpaired) electrons. The van der Waals surface area contributed by atoms with Crippen LogP contribution in [0.1, 0.15) is 6.42 Å². The van der Waals surface area contributed by atoms with Crippen molar-refractivity contribution in [3.63, 3.8) is 0 Å². The molecule has 0 bridgehead atoms. The monoisotopic (exact) mass is 159 g/mol. The lowest BCUT2D eigenvalue weighted by Gasteiger charge is -2.10. The van der Waals surface area contributed by atoms with E-state index in [1.54, 1.807) is 12.2 Å². The number of allylic oxidation sites excluding steroid dienone is 2. The third-order valence-electron chi connectivity index (χ3n) is 1.26. The van der Waals surface area contributed by atoms with Crippen molar-refractivity contribution in [1.82, 2.24) is 0 Å². The Morgan fingerprint density at radius 1 is 1.50 bits per heavy atom. The highest BCUT2D eigenvalue weighted by Crippen LogP contribution is 2.23. The zero-order valence-electron chi connectivity index (χ0n) is 5.16. The first-order valence-electron chi connectivity index (χ1n) is 2.84. The van der Waals surface area contributed by atoms with Gasteiger partial charge in [-0.05, 0) is 18.0 Å². The predicted octanol–water partition coefficient (Wildman–Crippen LogP) is 1.71. The Morgan fingerprint density at radius 2 is 2.00 bits per heavy atom. The maximum atomic E-state index is 10.2. The molecule has 1 aliphatic carbocycles. The molecule has 0 heterocycles. The minimum absolute atomic E-state index is 0.527. The highest BCUT2D eigenvalue weighted by molar-refractivity contribution is 6.25. The van der Waals surface area contributed by atoms with Crippen LogP contribution in [0.15, 0.2) is 24.3 Å². The van der Waals surface area contributed by atoms with Crippen molar-refractivity contribution in [3.05, 3.63) is 34.4 Å². The van der Waals surface area contributed by atoms with E-state index >= 15 is 0 Å². The summed E-state index contributed by atoms with van der Waals surface area (Å²) in [5, 5.41) is 10.2. The summed E-state index contributed by atoms with van der Waals surface area (Å²) in [6.45, 7) is 0. The molecule has 4 heteroatoms. The molecule has 0 spiro atoms. The van der Waals surface area contributed by atoms with E-state index in [1.165, 1.54) is 12.2 Å². The Hall–Kier alpha value is -0.830. The third kappa shape index (κ3) is 1.19. The van der Waals surface area contributed by atoms with Gasteiger partial charge in [0.2, 0.25) is 0 Å². The molecule has 3 nitrogen and oxygen atoms in total. The molecule has 0 N–H and O–H groups in total. The van der Waals surface area contributed by atoms with Crippen LogP contribution < -0.4 is 0 Å². The van der Waals surface area contributed by atoms with Crippen molar-refractivity contribution >= 4 is 11.6 Å². The van der Waals surface area contributed by atoms with Gasteiger partial charge in [0.15, 0.2) is 0 Å². The van der Waals surface area contributed by atoms with Gasteiger partial charge in [-0.3, -0.25) is 10.1 Å². The molecule has 0 aliphatic heterocycles. The van der Waals surface area contributed by atoms with E-state index in [9.17, 15) is 10.1 Å². The first-order chi connectivity index (χ1) is 4.65. The number of rotatable bonds is 1. The van der Waals surface area contributed by atoms with Crippen molar-refractivity contribution in [3.8, 4) is 0 Å². The topological polar surface area (TPSA) is 43.1 Å². The quantitative estimate of drug-likeness (QED) is 0.192. The number of alkyl halides is 1. The summed E-state index contributed by atoms with van der Waals surface area (Å²) in [6.07, 6.45) is 6.84. The minimum Gasteiger partial charge on any atom is -0.262 e. The standard InChI is InChI=1S/C6H6ClNO2/c7-6(8(9)10)4-2-1-3-5-6/h2-5H,1H2. The van der Waals surface area contributed by atoms with Crippen LogP contribution in [0.3, 0.4) is 0 Å². The Labute approximate surface area is 63.1 Å². The normalized spacial score (nSPS) is 20.9. The average molecular weight is 160 g/mol. The average Bonchev–Trinajstić information content (AvgIpc) is 1.89. The molecule has 0 aromatic rings. The first-order valence-corrected chi connectivity index (χ1v) is 3.22. The fourth-order valence-corrected chi connectivity index (χ4v) is 0.901. The summed E-state index contributed by atoms with van der Waals surface area (Å²) in [5.41, 5.74) is 0. The molecular weight excluding hydrogens is 154 g/mol. The number of nitro groups is 1. The second-order valence-corrected chi connectivity index (χ2v) is 2.63. The summed E-state index contributed by atoms with van der Waals surface area (Å²) >= 11 is 5.54. The van der Waals surface area contributed by atoms with Gasteiger partial charge < -0.3 is 0 Å². The fourth-order valence-electron chi connectivity index (χ4n) is 0.723. The molecule has 54 valence electrons. The molecule has 0 amide bonds. The molecule has 10 heavy (non-hydrogen) atoms. The lowest BCUT2D eigenvalue weighted by atomic mass is 10.1. The summed E-state index contributed by atoms with van der Waals surface area (Å²) in [6, 6.07) is 0. The van der Waals surface area contributed by atoms with E-state index < -0.39 is 9.92 Å². The maximum Gasteiger partial charge on any atom is 0.332 e. The number of hydrogen-bond acceptors (Lipinski definition) is 2. The molecular formula is C6H6ClNO2. The fraction of sp³-hybridized carbons (Fsp3) is 0.333. The molecule has 1 rings (SSSR count). The van der Waals surface area contributed by atoms with Crippen molar-refractivity contribution in [1.29, 1.82) is 0 Å². The minimum atomic E-state index is -1.49. The predicted molar refractivity (Wildman–Crippen MR) is 38.5 cm³/mol. The molecule has 0 atom stereocenters. The van der Waals surface area contributed by atoms with Gasteiger partial charge >= 0.3 is 5.00 Å². The van der Waals surface area contributed by atoms with Gasteiger partial charge in [0.1, 0.15) is 0 Å². The van der Waals surface area contributed by atoms with Crippen LogP contribution in [0.2, 0.25) is 0 Å². The third-order valence-corrected chi connectivity index (χ3v) is 1.65. The van der Waals surface area contributed by atoms with Gasteiger partial charge in [-0.1, -0.05) is 12.2 Å². The zero-order chi connectivity index (χ0) is 7.61. The van der Waals surface area contributed by atoms with Crippen molar-refractivity contribution in [2.24, 2.45) is 0 Å². The number of nitrogens with zero attached hydrogens (tertiary/aromatic N) is 1.